The highest BCUT2D eigenvalue weighted by Gasteiger charge is 2.26. The summed E-state index contributed by atoms with van der Waals surface area (Å²) in [6, 6.07) is 9.68. The minimum absolute atomic E-state index is 0.108. The Morgan fingerprint density at radius 2 is 2.10 bits per heavy atom. The zero-order valence-electron chi connectivity index (χ0n) is 15.3. The molecule has 2 aromatic heterocycles. The summed E-state index contributed by atoms with van der Waals surface area (Å²) >= 11 is 2.79. The highest BCUT2D eigenvalue weighted by molar-refractivity contribution is 8.00. The number of furan rings is 1. The van der Waals surface area contributed by atoms with E-state index in [2.05, 4.69) is 10.2 Å². The maximum atomic E-state index is 13.6. The monoisotopic (exact) mass is 445 g/mol. The molecule has 2 aromatic carbocycles. The number of nitrogens with zero attached hydrogens (tertiary/aromatic N) is 3. The molecule has 0 bridgehead atoms. The number of hydrogen-bond donors (Lipinski definition) is 0. The number of nitro groups is 1. The van der Waals surface area contributed by atoms with Crippen molar-refractivity contribution in [2.75, 3.05) is 0 Å². The van der Waals surface area contributed by atoms with E-state index < -0.39 is 28.1 Å². The van der Waals surface area contributed by atoms with E-state index in [9.17, 15) is 19.3 Å². The molecule has 4 rings (SSSR count). The number of thioether (sulfide) groups is 1. The average molecular weight is 445 g/mol. The lowest BCUT2D eigenvalue weighted by molar-refractivity contribution is -0.385. The number of rotatable bonds is 6. The quantitative estimate of drug-likeness (QED) is 0.132. The van der Waals surface area contributed by atoms with Crippen LogP contribution in [0.25, 0.3) is 11.0 Å². The summed E-state index contributed by atoms with van der Waals surface area (Å²) in [4.78, 5) is 23.2. The largest absolute Gasteiger partial charge is 0.449 e. The second-order valence-electron chi connectivity index (χ2n) is 6.04. The predicted molar refractivity (Wildman–Crippen MR) is 108 cm³/mol. The van der Waals surface area contributed by atoms with E-state index in [0.29, 0.717) is 22.3 Å². The topological polar surface area (TPSA) is 108 Å². The Balaban J connectivity index is 1.69. The van der Waals surface area contributed by atoms with Crippen LogP contribution in [0.5, 0.6) is 5.75 Å². The van der Waals surface area contributed by atoms with Gasteiger partial charge in [-0.15, -0.1) is 10.2 Å². The van der Waals surface area contributed by atoms with Crippen molar-refractivity contribution in [3.63, 3.8) is 0 Å². The zero-order valence-corrected chi connectivity index (χ0v) is 17.0. The number of nitro benzene ring substituents is 1. The maximum Gasteiger partial charge on any atom is 0.380 e. The Labute approximate surface area is 176 Å². The van der Waals surface area contributed by atoms with E-state index in [1.807, 2.05) is 6.92 Å². The molecular weight excluding hydrogens is 433 g/mol. The Morgan fingerprint density at radius 3 is 2.83 bits per heavy atom. The van der Waals surface area contributed by atoms with Crippen LogP contribution in [0.2, 0.25) is 0 Å². The van der Waals surface area contributed by atoms with Crippen molar-refractivity contribution in [1.29, 1.82) is 0 Å². The van der Waals surface area contributed by atoms with Gasteiger partial charge in [-0.2, -0.15) is 0 Å². The number of carbonyl (C=O) groups excluding carboxylic acids is 1. The van der Waals surface area contributed by atoms with Crippen LogP contribution in [0.1, 0.15) is 21.1 Å². The fraction of sp³-hybridized carbons (Fsp3) is 0.105. The van der Waals surface area contributed by atoms with Crippen LogP contribution in [0, 0.1) is 22.9 Å². The number of esters is 1. The second kappa shape index (κ2) is 8.20. The molecule has 0 spiro atoms. The highest BCUT2D eigenvalue weighted by atomic mass is 32.2. The normalized spacial score (nSPS) is 11.0. The second-order valence-corrected chi connectivity index (χ2v) is 8.44. The Kier molecular flexibility index (Phi) is 5.46. The van der Waals surface area contributed by atoms with Crippen LogP contribution in [0.4, 0.5) is 10.1 Å². The molecule has 0 N–H and O–H groups in total. The molecule has 0 atom stereocenters. The molecule has 152 valence electrons. The van der Waals surface area contributed by atoms with Crippen molar-refractivity contribution in [1.82, 2.24) is 10.2 Å². The molecule has 0 radical (unpaired) electrons. The summed E-state index contributed by atoms with van der Waals surface area (Å²) in [6.45, 7) is 1.84. The molecule has 30 heavy (non-hydrogen) atoms. The van der Waals surface area contributed by atoms with Crippen molar-refractivity contribution in [3.8, 4) is 5.75 Å². The number of ether oxygens (including phenoxy) is 1. The number of benzene rings is 2. The predicted octanol–water partition coefficient (Wildman–Crippen LogP) is 5.15. The average Bonchev–Trinajstić information content (AvgIpc) is 3.29. The molecule has 11 heteroatoms. The maximum absolute atomic E-state index is 13.6. The molecule has 0 fully saturated rings. The first-order chi connectivity index (χ1) is 14.4. The van der Waals surface area contributed by atoms with E-state index in [4.69, 9.17) is 9.15 Å². The number of halogens is 1. The van der Waals surface area contributed by atoms with Crippen molar-refractivity contribution in [2.24, 2.45) is 0 Å². The molecule has 0 aliphatic carbocycles. The van der Waals surface area contributed by atoms with E-state index in [1.54, 1.807) is 24.3 Å². The van der Waals surface area contributed by atoms with Crippen LogP contribution in [0.3, 0.4) is 0 Å². The third kappa shape index (κ3) is 4.02. The van der Waals surface area contributed by atoms with Gasteiger partial charge in [0, 0.05) is 28.8 Å². The molecule has 0 aliphatic rings. The van der Waals surface area contributed by atoms with Gasteiger partial charge in [0.05, 0.1) is 4.92 Å². The van der Waals surface area contributed by atoms with E-state index in [-0.39, 0.29) is 5.76 Å². The molecule has 2 heterocycles. The Morgan fingerprint density at radius 1 is 1.30 bits per heavy atom. The minimum atomic E-state index is -0.955. The van der Waals surface area contributed by atoms with Crippen molar-refractivity contribution >= 4 is 45.7 Å². The SMILES string of the molecule is Cc1nnc(SCc2c(C(=O)Oc3cc(F)ccc3[N+](=O)[O-])oc3ccccc23)s1. The molecule has 0 amide bonds. The summed E-state index contributed by atoms with van der Waals surface area (Å²) in [5.41, 5.74) is 0.482. The summed E-state index contributed by atoms with van der Waals surface area (Å²) in [7, 11) is 0. The number of hydrogen-bond acceptors (Lipinski definition) is 9. The summed E-state index contributed by atoms with van der Waals surface area (Å²) in [5, 5.41) is 20.7. The number of carbonyl (C=O) groups is 1. The number of aromatic nitrogens is 2. The standard InChI is InChI=1S/C19H12FN3O5S2/c1-10-21-22-19(30-10)29-9-13-12-4-2-3-5-15(12)27-17(13)18(24)28-16-8-11(20)6-7-14(16)23(25)26/h2-8H,9H2,1H3. The van der Waals surface area contributed by atoms with Gasteiger partial charge >= 0.3 is 11.7 Å². The molecule has 0 aliphatic heterocycles. The smallest absolute Gasteiger partial charge is 0.380 e. The van der Waals surface area contributed by atoms with Crippen LogP contribution in [-0.2, 0) is 5.75 Å². The fourth-order valence-electron chi connectivity index (χ4n) is 2.74. The lowest BCUT2D eigenvalue weighted by atomic mass is 10.1. The van der Waals surface area contributed by atoms with Gasteiger partial charge < -0.3 is 9.15 Å². The molecule has 0 saturated heterocycles. The molecule has 8 nitrogen and oxygen atoms in total. The summed E-state index contributed by atoms with van der Waals surface area (Å²) in [5.74, 6) is -1.99. The molecule has 0 unspecified atom stereocenters. The van der Waals surface area contributed by atoms with Crippen LogP contribution in [0.15, 0.2) is 51.2 Å². The van der Waals surface area contributed by atoms with Crippen molar-refractivity contribution in [3.05, 3.63) is 74.7 Å². The fourth-order valence-corrected chi connectivity index (χ4v) is 4.59. The van der Waals surface area contributed by atoms with E-state index >= 15 is 0 Å². The van der Waals surface area contributed by atoms with Gasteiger partial charge in [-0.25, -0.2) is 9.18 Å². The van der Waals surface area contributed by atoms with Gasteiger partial charge in [-0.3, -0.25) is 10.1 Å². The first-order valence-electron chi connectivity index (χ1n) is 8.52. The lowest BCUT2D eigenvalue weighted by Gasteiger charge is -2.05. The van der Waals surface area contributed by atoms with Gasteiger partial charge in [0.15, 0.2) is 4.34 Å². The number of aryl methyl sites for hydroxylation is 1. The molecular formula is C19H12FN3O5S2. The zero-order chi connectivity index (χ0) is 21.3. The number of para-hydroxylation sites is 1. The Bertz CT molecular complexity index is 1270. The first-order valence-corrected chi connectivity index (χ1v) is 10.3. The van der Waals surface area contributed by atoms with Gasteiger partial charge in [-0.1, -0.05) is 41.3 Å². The third-order valence-corrected chi connectivity index (χ3v) is 6.05. The van der Waals surface area contributed by atoms with Crippen molar-refractivity contribution < 1.29 is 23.3 Å². The first kappa shape index (κ1) is 20.0. The van der Waals surface area contributed by atoms with Gasteiger partial charge in [0.2, 0.25) is 11.5 Å². The highest BCUT2D eigenvalue weighted by Crippen LogP contribution is 2.35. The van der Waals surface area contributed by atoms with E-state index in [0.717, 1.165) is 27.5 Å². The van der Waals surface area contributed by atoms with Crippen LogP contribution >= 0.6 is 23.1 Å². The van der Waals surface area contributed by atoms with Gasteiger partial charge in [0.25, 0.3) is 0 Å². The Hall–Kier alpha value is -3.31. The molecule has 4 aromatic rings. The molecule has 0 saturated carbocycles. The minimum Gasteiger partial charge on any atom is -0.449 e. The van der Waals surface area contributed by atoms with Gasteiger partial charge in [0.1, 0.15) is 16.4 Å². The van der Waals surface area contributed by atoms with Crippen LogP contribution in [-0.4, -0.2) is 21.1 Å². The summed E-state index contributed by atoms with van der Waals surface area (Å²) < 4.78 is 25.1. The van der Waals surface area contributed by atoms with Crippen LogP contribution < -0.4 is 4.74 Å². The van der Waals surface area contributed by atoms with E-state index in [1.165, 1.54) is 23.1 Å². The number of fused-ring (bicyclic) bond motifs is 1. The third-order valence-electron chi connectivity index (χ3n) is 4.05. The lowest BCUT2D eigenvalue weighted by Crippen LogP contribution is -2.11. The van der Waals surface area contributed by atoms with Gasteiger partial charge in [-0.05, 0) is 19.1 Å². The van der Waals surface area contributed by atoms with Crippen molar-refractivity contribution in [2.45, 2.75) is 17.0 Å². The summed E-state index contributed by atoms with van der Waals surface area (Å²) in [6.07, 6.45) is 0.